The number of nitrogens with one attached hydrogen (secondary N) is 1. The molecule has 0 aromatic heterocycles. The lowest BCUT2D eigenvalue weighted by atomic mass is 10.1. The Bertz CT molecular complexity index is 749. The molecule has 126 valence electrons. The smallest absolute Gasteiger partial charge is 0.234 e. The van der Waals surface area contributed by atoms with Crippen molar-refractivity contribution in [2.75, 3.05) is 23.9 Å². The van der Waals surface area contributed by atoms with Crippen LogP contribution in [0.5, 0.6) is 5.75 Å². The third-order valence-corrected chi connectivity index (χ3v) is 4.49. The van der Waals surface area contributed by atoms with Crippen molar-refractivity contribution >= 4 is 40.7 Å². The molecule has 0 saturated carbocycles. The third-order valence-electron chi connectivity index (χ3n) is 3.32. The molecule has 0 atom stereocenters. The summed E-state index contributed by atoms with van der Waals surface area (Å²) in [6.45, 7) is 1.88. The van der Waals surface area contributed by atoms with Crippen molar-refractivity contribution in [1.82, 2.24) is 0 Å². The normalized spacial score (nSPS) is 10.3. The van der Waals surface area contributed by atoms with E-state index in [4.69, 9.17) is 16.3 Å². The third kappa shape index (κ3) is 5.28. The van der Waals surface area contributed by atoms with Crippen molar-refractivity contribution in [3.05, 3.63) is 58.6 Å². The first-order chi connectivity index (χ1) is 11.5. The number of thioether (sulfide) groups is 1. The minimum atomic E-state index is -0.149. The van der Waals surface area contributed by atoms with Crippen molar-refractivity contribution in [3.8, 4) is 5.75 Å². The van der Waals surface area contributed by atoms with E-state index in [1.807, 2.05) is 6.92 Å². The highest BCUT2D eigenvalue weighted by Gasteiger charge is 2.10. The second-order valence-electron chi connectivity index (χ2n) is 5.16. The van der Waals surface area contributed by atoms with Crippen molar-refractivity contribution in [1.29, 1.82) is 0 Å². The van der Waals surface area contributed by atoms with E-state index in [1.54, 1.807) is 49.6 Å². The number of hydrogen-bond donors (Lipinski definition) is 1. The number of rotatable bonds is 7. The molecule has 0 fully saturated rings. The van der Waals surface area contributed by atoms with Gasteiger partial charge in [0.05, 0.1) is 18.6 Å². The van der Waals surface area contributed by atoms with E-state index in [9.17, 15) is 9.59 Å². The largest absolute Gasteiger partial charge is 0.497 e. The molecule has 0 spiro atoms. The molecule has 6 heteroatoms. The quantitative estimate of drug-likeness (QED) is 0.748. The van der Waals surface area contributed by atoms with Crippen LogP contribution < -0.4 is 10.1 Å². The summed E-state index contributed by atoms with van der Waals surface area (Å²) in [5.41, 5.74) is 2.20. The molecule has 0 bridgehead atoms. The maximum absolute atomic E-state index is 12.1. The molecule has 2 rings (SSSR count). The Balaban J connectivity index is 1.82. The summed E-state index contributed by atoms with van der Waals surface area (Å²) in [5, 5.41) is 3.45. The van der Waals surface area contributed by atoms with Gasteiger partial charge in [-0.2, -0.15) is 0 Å². The maximum atomic E-state index is 12.1. The van der Waals surface area contributed by atoms with Crippen LogP contribution in [0.4, 0.5) is 5.69 Å². The van der Waals surface area contributed by atoms with Crippen molar-refractivity contribution in [2.24, 2.45) is 0 Å². The molecule has 0 radical (unpaired) electrons. The number of benzene rings is 2. The van der Waals surface area contributed by atoms with Crippen LogP contribution in [0.15, 0.2) is 42.5 Å². The van der Waals surface area contributed by atoms with Crippen LogP contribution in [0.3, 0.4) is 0 Å². The molecular formula is C18H18ClNO3S. The predicted octanol–water partition coefficient (Wildman–Crippen LogP) is 4.21. The number of carbonyl (C=O) groups is 2. The maximum Gasteiger partial charge on any atom is 0.234 e. The Kier molecular flexibility index (Phi) is 6.70. The van der Waals surface area contributed by atoms with Crippen molar-refractivity contribution < 1.29 is 14.3 Å². The Labute approximate surface area is 150 Å². The highest BCUT2D eigenvalue weighted by atomic mass is 35.5. The number of carbonyl (C=O) groups excluding carboxylic acids is 2. The standard InChI is InChI=1S/C18H18ClNO3S/c1-12-8-14(19)6-7-16(12)20-18(22)11-24-10-17(21)13-4-3-5-15(9-13)23-2/h3-9H,10-11H2,1-2H3,(H,20,22). The van der Waals surface area contributed by atoms with Gasteiger partial charge in [-0.15, -0.1) is 11.8 Å². The number of amides is 1. The summed E-state index contributed by atoms with van der Waals surface area (Å²) in [6, 6.07) is 12.3. The second-order valence-corrected chi connectivity index (χ2v) is 6.58. The minimum absolute atomic E-state index is 0.0330. The van der Waals surface area contributed by atoms with Crippen LogP contribution >= 0.6 is 23.4 Å². The fourth-order valence-corrected chi connectivity index (χ4v) is 3.01. The lowest BCUT2D eigenvalue weighted by Gasteiger charge is -2.08. The molecule has 0 saturated heterocycles. The molecule has 0 aliphatic heterocycles. The van der Waals surface area contributed by atoms with E-state index in [0.29, 0.717) is 16.3 Å². The van der Waals surface area contributed by atoms with E-state index >= 15 is 0 Å². The molecule has 2 aromatic carbocycles. The van der Waals surface area contributed by atoms with Gasteiger partial charge in [-0.3, -0.25) is 9.59 Å². The highest BCUT2D eigenvalue weighted by Crippen LogP contribution is 2.20. The van der Waals surface area contributed by atoms with Gasteiger partial charge in [-0.05, 0) is 42.8 Å². The van der Waals surface area contributed by atoms with Crippen LogP contribution in [0.2, 0.25) is 5.02 Å². The molecule has 1 N–H and O–H groups in total. The first-order valence-electron chi connectivity index (χ1n) is 7.30. The molecule has 4 nitrogen and oxygen atoms in total. The summed E-state index contributed by atoms with van der Waals surface area (Å²) < 4.78 is 5.10. The lowest BCUT2D eigenvalue weighted by Crippen LogP contribution is -2.16. The fourth-order valence-electron chi connectivity index (χ4n) is 2.07. The van der Waals surface area contributed by atoms with Crippen LogP contribution in [0, 0.1) is 6.92 Å². The van der Waals surface area contributed by atoms with E-state index in [0.717, 1.165) is 11.3 Å². The van der Waals surface area contributed by atoms with Crippen LogP contribution in [-0.2, 0) is 4.79 Å². The second kappa shape index (κ2) is 8.76. The number of anilines is 1. The van der Waals surface area contributed by atoms with E-state index in [-0.39, 0.29) is 23.2 Å². The number of halogens is 1. The number of Topliss-reactive ketones (excluding diaryl/α,β-unsaturated/α-hetero) is 1. The summed E-state index contributed by atoms with van der Waals surface area (Å²) in [5.74, 6) is 0.901. The van der Waals surface area contributed by atoms with Gasteiger partial charge < -0.3 is 10.1 Å². The van der Waals surface area contributed by atoms with E-state index < -0.39 is 0 Å². The van der Waals surface area contributed by atoms with Gasteiger partial charge in [-0.25, -0.2) is 0 Å². The fraction of sp³-hybridized carbons (Fsp3) is 0.222. The zero-order chi connectivity index (χ0) is 17.5. The lowest BCUT2D eigenvalue weighted by molar-refractivity contribution is -0.113. The Hall–Kier alpha value is -1.98. The average Bonchev–Trinajstić information content (AvgIpc) is 2.57. The Morgan fingerprint density at radius 2 is 1.96 bits per heavy atom. The Morgan fingerprint density at radius 1 is 1.17 bits per heavy atom. The first-order valence-corrected chi connectivity index (χ1v) is 8.84. The zero-order valence-corrected chi connectivity index (χ0v) is 15.0. The number of methoxy groups -OCH3 is 1. The number of ketones is 1. The van der Waals surface area contributed by atoms with Crippen LogP contribution in [-0.4, -0.2) is 30.3 Å². The van der Waals surface area contributed by atoms with Gasteiger partial charge in [0.15, 0.2) is 5.78 Å². The summed E-state index contributed by atoms with van der Waals surface area (Å²) >= 11 is 7.17. The topological polar surface area (TPSA) is 55.4 Å². The summed E-state index contributed by atoms with van der Waals surface area (Å²) in [4.78, 5) is 24.1. The van der Waals surface area contributed by atoms with Crippen LogP contribution in [0.25, 0.3) is 0 Å². The van der Waals surface area contributed by atoms with Gasteiger partial charge in [0, 0.05) is 16.3 Å². The van der Waals surface area contributed by atoms with Gasteiger partial charge in [0.1, 0.15) is 5.75 Å². The Morgan fingerprint density at radius 3 is 2.67 bits per heavy atom. The predicted molar refractivity (Wildman–Crippen MR) is 99.5 cm³/mol. The van der Waals surface area contributed by atoms with E-state index in [2.05, 4.69) is 5.32 Å². The molecular weight excluding hydrogens is 346 g/mol. The van der Waals surface area contributed by atoms with Gasteiger partial charge in [0.2, 0.25) is 5.91 Å². The number of ether oxygens (including phenoxy) is 1. The molecule has 24 heavy (non-hydrogen) atoms. The van der Waals surface area contributed by atoms with Gasteiger partial charge >= 0.3 is 0 Å². The molecule has 0 aliphatic rings. The van der Waals surface area contributed by atoms with Gasteiger partial charge in [0.25, 0.3) is 0 Å². The molecule has 2 aromatic rings. The summed E-state index contributed by atoms with van der Waals surface area (Å²) in [6.07, 6.45) is 0. The zero-order valence-electron chi connectivity index (χ0n) is 13.5. The number of hydrogen-bond acceptors (Lipinski definition) is 4. The number of aryl methyl sites for hydroxylation is 1. The van der Waals surface area contributed by atoms with Gasteiger partial charge in [-0.1, -0.05) is 23.7 Å². The molecule has 1 amide bonds. The monoisotopic (exact) mass is 363 g/mol. The van der Waals surface area contributed by atoms with Crippen LogP contribution in [0.1, 0.15) is 15.9 Å². The van der Waals surface area contributed by atoms with Crippen molar-refractivity contribution in [3.63, 3.8) is 0 Å². The minimum Gasteiger partial charge on any atom is -0.497 e. The molecule has 0 unspecified atom stereocenters. The van der Waals surface area contributed by atoms with E-state index in [1.165, 1.54) is 11.8 Å². The molecule has 0 aliphatic carbocycles. The first kappa shape index (κ1) is 18.4. The average molecular weight is 364 g/mol. The molecule has 0 heterocycles. The SMILES string of the molecule is COc1cccc(C(=O)CSCC(=O)Nc2ccc(Cl)cc2C)c1. The summed E-state index contributed by atoms with van der Waals surface area (Å²) in [7, 11) is 1.56. The highest BCUT2D eigenvalue weighted by molar-refractivity contribution is 8.00. The van der Waals surface area contributed by atoms with Crippen molar-refractivity contribution in [2.45, 2.75) is 6.92 Å².